The van der Waals surface area contributed by atoms with Crippen LogP contribution >= 0.6 is 15.9 Å². The zero-order chi connectivity index (χ0) is 17.5. The molecule has 24 heavy (non-hydrogen) atoms. The zero-order valence-electron chi connectivity index (χ0n) is 15.4. The van der Waals surface area contributed by atoms with Crippen molar-refractivity contribution in [1.29, 1.82) is 0 Å². The molecule has 0 aliphatic carbocycles. The van der Waals surface area contributed by atoms with Crippen LogP contribution in [0.4, 0.5) is 0 Å². The number of guanidine groups is 1. The van der Waals surface area contributed by atoms with Crippen molar-refractivity contribution in [1.82, 2.24) is 15.5 Å². The molecule has 0 atom stereocenters. The second-order valence-corrected chi connectivity index (χ2v) is 7.73. The highest BCUT2D eigenvalue weighted by molar-refractivity contribution is 9.10. The van der Waals surface area contributed by atoms with Gasteiger partial charge in [0.05, 0.1) is 6.54 Å². The minimum absolute atomic E-state index is 0.517. The van der Waals surface area contributed by atoms with E-state index in [4.69, 9.17) is 4.99 Å². The number of hydrogen-bond donors (Lipinski definition) is 2. The smallest absolute Gasteiger partial charge is 0.191 e. The molecule has 0 unspecified atom stereocenters. The van der Waals surface area contributed by atoms with Crippen molar-refractivity contribution in [3.8, 4) is 0 Å². The van der Waals surface area contributed by atoms with Crippen LogP contribution in [0.5, 0.6) is 0 Å². The zero-order valence-corrected chi connectivity index (χ0v) is 17.0. The first-order chi connectivity index (χ1) is 11.5. The first-order valence-electron chi connectivity index (χ1n) is 9.03. The topological polar surface area (TPSA) is 39.7 Å². The second kappa shape index (κ2) is 9.42. The standard InChI is InChI=1S/C19H31BrN4/c1-5-21-19(22-13-16-6-7-17(20)12-15(16)4)23-18-8-10-24(11-9-18)14(2)3/h6-7,12,14,18H,5,8-11,13H2,1-4H3,(H2,21,22,23). The summed E-state index contributed by atoms with van der Waals surface area (Å²) in [5, 5.41) is 7.00. The third kappa shape index (κ3) is 5.78. The summed E-state index contributed by atoms with van der Waals surface area (Å²) in [7, 11) is 0. The van der Waals surface area contributed by atoms with E-state index in [0.29, 0.717) is 18.6 Å². The highest BCUT2D eigenvalue weighted by Crippen LogP contribution is 2.17. The van der Waals surface area contributed by atoms with E-state index in [1.807, 2.05) is 0 Å². The van der Waals surface area contributed by atoms with E-state index in [1.165, 1.54) is 37.1 Å². The molecule has 4 nitrogen and oxygen atoms in total. The summed E-state index contributed by atoms with van der Waals surface area (Å²) in [6, 6.07) is 7.54. The summed E-state index contributed by atoms with van der Waals surface area (Å²) < 4.78 is 1.12. The van der Waals surface area contributed by atoms with Gasteiger partial charge in [-0.15, -0.1) is 0 Å². The third-order valence-electron chi connectivity index (χ3n) is 4.66. The van der Waals surface area contributed by atoms with Crippen LogP contribution in [0.2, 0.25) is 0 Å². The molecule has 1 aromatic carbocycles. The first kappa shape index (κ1) is 19.3. The fraction of sp³-hybridized carbons (Fsp3) is 0.632. The minimum atomic E-state index is 0.517. The number of likely N-dealkylation sites (tertiary alicyclic amines) is 1. The number of rotatable bonds is 5. The Balaban J connectivity index is 1.94. The summed E-state index contributed by atoms with van der Waals surface area (Å²) in [5.74, 6) is 0.933. The first-order valence-corrected chi connectivity index (χ1v) is 9.82. The van der Waals surface area contributed by atoms with Crippen LogP contribution in [-0.2, 0) is 6.54 Å². The van der Waals surface area contributed by atoms with E-state index in [-0.39, 0.29) is 0 Å². The lowest BCUT2D eigenvalue weighted by Gasteiger charge is -2.35. The van der Waals surface area contributed by atoms with E-state index in [2.05, 4.69) is 77.4 Å². The fourth-order valence-electron chi connectivity index (χ4n) is 3.07. The number of hydrogen-bond acceptors (Lipinski definition) is 2. The van der Waals surface area contributed by atoms with Crippen LogP contribution in [0, 0.1) is 6.92 Å². The molecule has 5 heteroatoms. The van der Waals surface area contributed by atoms with E-state index in [9.17, 15) is 0 Å². The number of piperidine rings is 1. The van der Waals surface area contributed by atoms with Gasteiger partial charge in [0.25, 0.3) is 0 Å². The lowest BCUT2D eigenvalue weighted by atomic mass is 10.0. The van der Waals surface area contributed by atoms with Gasteiger partial charge in [-0.3, -0.25) is 0 Å². The highest BCUT2D eigenvalue weighted by Gasteiger charge is 2.21. The molecule has 1 aliphatic heterocycles. The molecule has 1 saturated heterocycles. The van der Waals surface area contributed by atoms with Crippen LogP contribution in [0.25, 0.3) is 0 Å². The third-order valence-corrected chi connectivity index (χ3v) is 5.15. The monoisotopic (exact) mass is 394 g/mol. The molecule has 0 aromatic heterocycles. The maximum Gasteiger partial charge on any atom is 0.191 e. The normalized spacial score (nSPS) is 17.3. The van der Waals surface area contributed by atoms with Crippen LogP contribution < -0.4 is 10.6 Å². The molecule has 1 heterocycles. The minimum Gasteiger partial charge on any atom is -0.357 e. The molecule has 1 aliphatic rings. The quantitative estimate of drug-likeness (QED) is 0.590. The summed E-state index contributed by atoms with van der Waals surface area (Å²) in [4.78, 5) is 7.34. The predicted molar refractivity (Wildman–Crippen MR) is 107 cm³/mol. The molecule has 0 radical (unpaired) electrons. The maximum atomic E-state index is 4.79. The Hall–Kier alpha value is -1.07. The van der Waals surface area contributed by atoms with Crippen molar-refractivity contribution in [2.24, 2.45) is 4.99 Å². The van der Waals surface area contributed by atoms with Gasteiger partial charge in [-0.2, -0.15) is 0 Å². The molecule has 2 N–H and O–H groups in total. The summed E-state index contributed by atoms with van der Waals surface area (Å²) in [6.07, 6.45) is 2.36. The van der Waals surface area contributed by atoms with Crippen molar-refractivity contribution in [2.45, 2.75) is 59.2 Å². The van der Waals surface area contributed by atoms with Crippen molar-refractivity contribution >= 4 is 21.9 Å². The maximum absolute atomic E-state index is 4.79. The second-order valence-electron chi connectivity index (χ2n) is 6.81. The lowest BCUT2D eigenvalue weighted by Crippen LogP contribution is -2.49. The largest absolute Gasteiger partial charge is 0.357 e. The van der Waals surface area contributed by atoms with Crippen LogP contribution in [0.1, 0.15) is 44.7 Å². The van der Waals surface area contributed by atoms with E-state index in [0.717, 1.165) is 17.0 Å². The Morgan fingerprint density at radius 1 is 1.33 bits per heavy atom. The number of aliphatic imine (C=N–C) groups is 1. The average molecular weight is 395 g/mol. The van der Waals surface area contributed by atoms with Crippen molar-refractivity contribution < 1.29 is 0 Å². The summed E-state index contributed by atoms with van der Waals surface area (Å²) >= 11 is 3.52. The van der Waals surface area contributed by atoms with Crippen LogP contribution in [0.15, 0.2) is 27.7 Å². The molecular weight excluding hydrogens is 364 g/mol. The van der Waals surface area contributed by atoms with E-state index >= 15 is 0 Å². The van der Waals surface area contributed by atoms with Crippen molar-refractivity contribution in [2.75, 3.05) is 19.6 Å². The van der Waals surface area contributed by atoms with Gasteiger partial charge in [0, 0.05) is 36.2 Å². The van der Waals surface area contributed by atoms with Gasteiger partial charge in [0.2, 0.25) is 0 Å². The molecule has 0 bridgehead atoms. The SMILES string of the molecule is CCNC(=NCc1ccc(Br)cc1C)NC1CCN(C(C)C)CC1. The van der Waals surface area contributed by atoms with E-state index < -0.39 is 0 Å². The molecule has 1 fully saturated rings. The molecule has 0 amide bonds. The Bertz CT molecular complexity index is 548. The molecular formula is C19H31BrN4. The van der Waals surface area contributed by atoms with Gasteiger partial charge < -0.3 is 15.5 Å². The molecule has 0 saturated carbocycles. The van der Waals surface area contributed by atoms with Gasteiger partial charge in [-0.25, -0.2) is 4.99 Å². The molecule has 1 aromatic rings. The van der Waals surface area contributed by atoms with Crippen LogP contribution in [-0.4, -0.2) is 42.6 Å². The van der Waals surface area contributed by atoms with Gasteiger partial charge in [0.15, 0.2) is 5.96 Å². The van der Waals surface area contributed by atoms with E-state index in [1.54, 1.807) is 0 Å². The summed E-state index contributed by atoms with van der Waals surface area (Å²) in [6.45, 7) is 12.7. The number of nitrogens with one attached hydrogen (secondary N) is 2. The van der Waals surface area contributed by atoms with Gasteiger partial charge in [-0.05, 0) is 63.8 Å². The average Bonchev–Trinajstić information content (AvgIpc) is 2.54. The van der Waals surface area contributed by atoms with Gasteiger partial charge >= 0.3 is 0 Å². The predicted octanol–water partition coefficient (Wildman–Crippen LogP) is 3.69. The number of nitrogens with zero attached hydrogens (tertiary/aromatic N) is 2. The molecule has 0 spiro atoms. The van der Waals surface area contributed by atoms with Crippen LogP contribution in [0.3, 0.4) is 0 Å². The number of aryl methyl sites for hydroxylation is 1. The van der Waals surface area contributed by atoms with Gasteiger partial charge in [-0.1, -0.05) is 22.0 Å². The molecule has 2 rings (SSSR count). The Morgan fingerprint density at radius 3 is 2.62 bits per heavy atom. The van der Waals surface area contributed by atoms with Gasteiger partial charge in [0.1, 0.15) is 0 Å². The fourth-order valence-corrected chi connectivity index (χ4v) is 3.55. The van der Waals surface area contributed by atoms with Crippen molar-refractivity contribution in [3.63, 3.8) is 0 Å². The Kier molecular flexibility index (Phi) is 7.56. The molecule has 134 valence electrons. The van der Waals surface area contributed by atoms with Crippen molar-refractivity contribution in [3.05, 3.63) is 33.8 Å². The Labute approximate surface area is 155 Å². The number of benzene rings is 1. The number of halogens is 1. The highest BCUT2D eigenvalue weighted by atomic mass is 79.9. The summed E-state index contributed by atoms with van der Waals surface area (Å²) in [5.41, 5.74) is 2.54. The Morgan fingerprint density at radius 2 is 2.04 bits per heavy atom. The lowest BCUT2D eigenvalue weighted by molar-refractivity contribution is 0.167.